The molecule has 102 valence electrons. The molecule has 0 saturated heterocycles. The van der Waals surface area contributed by atoms with E-state index in [1.54, 1.807) is 18.2 Å². The van der Waals surface area contributed by atoms with Crippen LogP contribution in [0, 0.1) is 0 Å². The predicted octanol–water partition coefficient (Wildman–Crippen LogP) is 1.62. The number of halogens is 1. The molecular weight excluding hydrogens is 270 g/mol. The monoisotopic (exact) mass is 283 g/mol. The van der Waals surface area contributed by atoms with Crippen LogP contribution in [0.15, 0.2) is 18.2 Å². The predicted molar refractivity (Wildman–Crippen MR) is 69.5 cm³/mol. The van der Waals surface area contributed by atoms with E-state index in [0.29, 0.717) is 30.2 Å². The smallest absolute Gasteiger partial charge is 0.303 e. The third-order valence-electron chi connectivity index (χ3n) is 2.86. The minimum atomic E-state index is -0.867. The second kappa shape index (κ2) is 5.93. The highest BCUT2D eigenvalue weighted by Gasteiger charge is 2.28. The van der Waals surface area contributed by atoms with Crippen LogP contribution in [0.3, 0.4) is 0 Å². The van der Waals surface area contributed by atoms with Crippen LogP contribution >= 0.6 is 11.6 Å². The SMILES string of the molecule is O=C(O)CCCNC(=O)[C@H]1Cc2cc(Cl)ccc2O1. The van der Waals surface area contributed by atoms with E-state index < -0.39 is 12.1 Å². The summed E-state index contributed by atoms with van der Waals surface area (Å²) in [5.74, 6) is -0.416. The largest absolute Gasteiger partial charge is 0.481 e. The van der Waals surface area contributed by atoms with Crippen molar-refractivity contribution >= 4 is 23.5 Å². The second-order valence-corrected chi connectivity index (χ2v) is 4.79. The molecule has 1 aromatic rings. The van der Waals surface area contributed by atoms with Crippen molar-refractivity contribution in [1.29, 1.82) is 0 Å². The number of hydrogen-bond donors (Lipinski definition) is 2. The lowest BCUT2D eigenvalue weighted by atomic mass is 10.1. The lowest BCUT2D eigenvalue weighted by molar-refractivity contribution is -0.137. The van der Waals surface area contributed by atoms with Crippen LogP contribution in [0.5, 0.6) is 5.75 Å². The fourth-order valence-electron chi connectivity index (χ4n) is 1.93. The maximum Gasteiger partial charge on any atom is 0.303 e. The average Bonchev–Trinajstić information content (AvgIpc) is 2.77. The van der Waals surface area contributed by atoms with Gasteiger partial charge in [-0.2, -0.15) is 0 Å². The van der Waals surface area contributed by atoms with Gasteiger partial charge in [-0.3, -0.25) is 9.59 Å². The van der Waals surface area contributed by atoms with E-state index in [1.807, 2.05) is 0 Å². The summed E-state index contributed by atoms with van der Waals surface area (Å²) in [5, 5.41) is 11.8. The molecule has 1 aliphatic heterocycles. The highest BCUT2D eigenvalue weighted by molar-refractivity contribution is 6.30. The van der Waals surface area contributed by atoms with Gasteiger partial charge in [-0.05, 0) is 30.2 Å². The molecule has 19 heavy (non-hydrogen) atoms. The molecule has 1 heterocycles. The normalized spacial score (nSPS) is 16.6. The van der Waals surface area contributed by atoms with Crippen molar-refractivity contribution in [1.82, 2.24) is 5.32 Å². The first-order chi connectivity index (χ1) is 9.06. The van der Waals surface area contributed by atoms with E-state index >= 15 is 0 Å². The van der Waals surface area contributed by atoms with E-state index in [2.05, 4.69) is 5.32 Å². The summed E-state index contributed by atoms with van der Waals surface area (Å²) < 4.78 is 5.51. The number of hydrogen-bond acceptors (Lipinski definition) is 3. The first kappa shape index (κ1) is 13.7. The summed E-state index contributed by atoms with van der Waals surface area (Å²) in [7, 11) is 0. The first-order valence-electron chi connectivity index (χ1n) is 6.01. The molecule has 5 nitrogen and oxygen atoms in total. The fraction of sp³-hybridized carbons (Fsp3) is 0.385. The summed E-state index contributed by atoms with van der Waals surface area (Å²) in [5.41, 5.74) is 0.915. The van der Waals surface area contributed by atoms with Crippen LogP contribution in [0.1, 0.15) is 18.4 Å². The Morgan fingerprint density at radius 3 is 3.00 bits per heavy atom. The third-order valence-corrected chi connectivity index (χ3v) is 3.09. The highest BCUT2D eigenvalue weighted by Crippen LogP contribution is 2.31. The van der Waals surface area contributed by atoms with Crippen molar-refractivity contribution in [2.75, 3.05) is 6.54 Å². The van der Waals surface area contributed by atoms with Crippen molar-refractivity contribution in [2.24, 2.45) is 0 Å². The number of aliphatic carboxylic acids is 1. The van der Waals surface area contributed by atoms with Gasteiger partial charge in [0.2, 0.25) is 0 Å². The van der Waals surface area contributed by atoms with Gasteiger partial charge < -0.3 is 15.2 Å². The molecular formula is C13H14ClNO4. The van der Waals surface area contributed by atoms with E-state index in [1.165, 1.54) is 0 Å². The van der Waals surface area contributed by atoms with Gasteiger partial charge in [0.05, 0.1) is 0 Å². The van der Waals surface area contributed by atoms with Crippen molar-refractivity contribution in [2.45, 2.75) is 25.4 Å². The number of rotatable bonds is 5. The van der Waals surface area contributed by atoms with E-state index in [4.69, 9.17) is 21.4 Å². The Bertz CT molecular complexity index is 503. The number of carbonyl (C=O) groups excluding carboxylic acids is 1. The Kier molecular flexibility index (Phi) is 4.27. The second-order valence-electron chi connectivity index (χ2n) is 4.35. The third kappa shape index (κ3) is 3.61. The van der Waals surface area contributed by atoms with Crippen LogP contribution in [0.25, 0.3) is 0 Å². The minimum absolute atomic E-state index is 0.0433. The van der Waals surface area contributed by atoms with Gasteiger partial charge in [0.25, 0.3) is 5.91 Å². The molecule has 6 heteroatoms. The standard InChI is InChI=1S/C13H14ClNO4/c14-9-3-4-10-8(6-9)7-11(19-10)13(18)15-5-1-2-12(16)17/h3-4,6,11H,1-2,5,7H2,(H,15,18)(H,16,17)/t11-/m1/s1. The number of nitrogens with one attached hydrogen (secondary N) is 1. The molecule has 0 aliphatic carbocycles. The van der Waals surface area contributed by atoms with Gasteiger partial charge in [0.15, 0.2) is 6.10 Å². The molecule has 0 saturated carbocycles. The molecule has 0 spiro atoms. The zero-order valence-electron chi connectivity index (χ0n) is 10.2. The van der Waals surface area contributed by atoms with Gasteiger partial charge in [-0.1, -0.05) is 11.6 Å². The highest BCUT2D eigenvalue weighted by atomic mass is 35.5. The fourth-order valence-corrected chi connectivity index (χ4v) is 2.12. The van der Waals surface area contributed by atoms with Gasteiger partial charge in [0.1, 0.15) is 5.75 Å². The van der Waals surface area contributed by atoms with E-state index in [9.17, 15) is 9.59 Å². The van der Waals surface area contributed by atoms with Gasteiger partial charge in [-0.25, -0.2) is 0 Å². The number of carboxylic acid groups (broad SMARTS) is 1. The van der Waals surface area contributed by atoms with Crippen LogP contribution in [-0.2, 0) is 16.0 Å². The molecule has 1 aromatic carbocycles. The Morgan fingerprint density at radius 1 is 1.47 bits per heavy atom. The maximum absolute atomic E-state index is 11.8. The number of carbonyl (C=O) groups is 2. The zero-order chi connectivity index (χ0) is 13.8. The summed E-state index contributed by atoms with van der Waals surface area (Å²) in [6.45, 7) is 0.335. The van der Waals surface area contributed by atoms with Crippen molar-refractivity contribution in [3.8, 4) is 5.75 Å². The van der Waals surface area contributed by atoms with Crippen molar-refractivity contribution < 1.29 is 19.4 Å². The quantitative estimate of drug-likeness (QED) is 0.805. The minimum Gasteiger partial charge on any atom is -0.481 e. The Morgan fingerprint density at radius 2 is 2.26 bits per heavy atom. The van der Waals surface area contributed by atoms with Crippen LogP contribution in [0.2, 0.25) is 5.02 Å². The maximum atomic E-state index is 11.8. The van der Waals surface area contributed by atoms with E-state index in [-0.39, 0.29) is 12.3 Å². The molecule has 1 aliphatic rings. The molecule has 0 aromatic heterocycles. The molecule has 0 radical (unpaired) electrons. The Hall–Kier alpha value is -1.75. The van der Waals surface area contributed by atoms with Crippen molar-refractivity contribution in [3.63, 3.8) is 0 Å². The average molecular weight is 284 g/mol. The molecule has 0 fully saturated rings. The van der Waals surface area contributed by atoms with Crippen LogP contribution in [-0.4, -0.2) is 29.6 Å². The summed E-state index contributed by atoms with van der Waals surface area (Å²) in [4.78, 5) is 22.2. The summed E-state index contributed by atoms with van der Waals surface area (Å²) in [6, 6.07) is 5.25. The summed E-state index contributed by atoms with van der Waals surface area (Å²) in [6.07, 6.45) is 0.382. The number of ether oxygens (including phenoxy) is 1. The van der Waals surface area contributed by atoms with Crippen LogP contribution in [0.4, 0.5) is 0 Å². The topological polar surface area (TPSA) is 75.6 Å². The zero-order valence-corrected chi connectivity index (χ0v) is 10.9. The molecule has 2 rings (SSSR count). The lowest BCUT2D eigenvalue weighted by Crippen LogP contribution is -2.38. The molecule has 0 bridgehead atoms. The molecule has 2 N–H and O–H groups in total. The molecule has 0 unspecified atom stereocenters. The number of amides is 1. The Labute approximate surface area is 115 Å². The van der Waals surface area contributed by atoms with Gasteiger partial charge >= 0.3 is 5.97 Å². The number of carboxylic acids is 1. The lowest BCUT2D eigenvalue weighted by Gasteiger charge is -2.10. The van der Waals surface area contributed by atoms with Crippen molar-refractivity contribution in [3.05, 3.63) is 28.8 Å². The number of benzene rings is 1. The number of fused-ring (bicyclic) bond motifs is 1. The molecule has 1 amide bonds. The van der Waals surface area contributed by atoms with Gasteiger partial charge in [-0.15, -0.1) is 0 Å². The Balaban J connectivity index is 1.82. The van der Waals surface area contributed by atoms with Crippen LogP contribution < -0.4 is 10.1 Å². The van der Waals surface area contributed by atoms with E-state index in [0.717, 1.165) is 5.56 Å². The molecule has 1 atom stereocenters. The first-order valence-corrected chi connectivity index (χ1v) is 6.38. The van der Waals surface area contributed by atoms with Gasteiger partial charge in [0, 0.05) is 24.4 Å². The summed E-state index contributed by atoms with van der Waals surface area (Å²) >= 11 is 5.87.